The first-order valence-corrected chi connectivity index (χ1v) is 4.34. The van der Waals surface area contributed by atoms with E-state index in [2.05, 4.69) is 23.5 Å². The number of hydrogen-bond donors (Lipinski definition) is 0. The lowest BCUT2D eigenvalue weighted by Crippen LogP contribution is -2.45. The molecular weight excluding hydrogens is 148 g/mol. The van der Waals surface area contributed by atoms with Gasteiger partial charge in [-0.2, -0.15) is 0 Å². The van der Waals surface area contributed by atoms with E-state index in [0.29, 0.717) is 12.5 Å². The normalized spacial score (nSPS) is 33.6. The minimum absolute atomic E-state index is 0.178. The third-order valence-electron chi connectivity index (χ3n) is 3.09. The summed E-state index contributed by atoms with van der Waals surface area (Å²) in [6.07, 6.45) is 1.88. The molecule has 0 saturated heterocycles. The van der Waals surface area contributed by atoms with Gasteiger partial charge in [0, 0.05) is 12.8 Å². The van der Waals surface area contributed by atoms with Crippen LogP contribution in [-0.2, 0) is 0 Å². The number of hydrogen-bond acceptors (Lipinski definition) is 0. The molecule has 0 bridgehead atoms. The highest BCUT2D eigenvalue weighted by Crippen LogP contribution is 2.48. The molecule has 0 heterocycles. The summed E-state index contributed by atoms with van der Waals surface area (Å²) in [6.45, 7) is 18.6. The maximum Gasteiger partial charge on any atom is 0.225 e. The van der Waals surface area contributed by atoms with Crippen molar-refractivity contribution < 1.29 is 0 Å². The molecule has 0 aromatic heterocycles. The van der Waals surface area contributed by atoms with Crippen LogP contribution < -0.4 is 0 Å². The Balaban J connectivity index is 2.58. The van der Waals surface area contributed by atoms with Crippen molar-refractivity contribution in [3.63, 3.8) is 0 Å². The van der Waals surface area contributed by atoms with Crippen molar-refractivity contribution in [2.24, 2.45) is 11.3 Å². The summed E-state index contributed by atoms with van der Waals surface area (Å²) in [7, 11) is 0. The summed E-state index contributed by atoms with van der Waals surface area (Å²) >= 11 is 0. The molecule has 0 radical (unpaired) electrons. The Bertz CT molecular complexity index is 236. The van der Waals surface area contributed by atoms with Crippen LogP contribution >= 0.6 is 0 Å². The van der Waals surface area contributed by atoms with Gasteiger partial charge < -0.3 is 9.69 Å². The van der Waals surface area contributed by atoms with Crippen molar-refractivity contribution in [2.75, 3.05) is 6.54 Å². The first kappa shape index (κ1) is 9.07. The zero-order valence-electron chi connectivity index (χ0n) is 7.67. The standard InChI is InChI=1S/C10H14N2/c1-8(2)10(7-11-3)5-9(6-10)12-4/h8-9H,5-7H2,1-2H3/t9-,10-. The van der Waals surface area contributed by atoms with Gasteiger partial charge in [-0.25, -0.2) is 13.1 Å². The molecule has 0 aliphatic heterocycles. The summed E-state index contributed by atoms with van der Waals surface area (Å²) in [4.78, 5) is 6.97. The van der Waals surface area contributed by atoms with Crippen molar-refractivity contribution in [1.82, 2.24) is 0 Å². The Morgan fingerprint density at radius 1 is 1.42 bits per heavy atom. The Morgan fingerprint density at radius 3 is 2.33 bits per heavy atom. The van der Waals surface area contributed by atoms with Gasteiger partial charge >= 0.3 is 0 Å². The molecule has 0 aromatic rings. The average Bonchev–Trinajstić information content (AvgIpc) is 1.95. The van der Waals surface area contributed by atoms with E-state index in [-0.39, 0.29) is 11.5 Å². The predicted octanol–water partition coefficient (Wildman–Crippen LogP) is 2.63. The highest BCUT2D eigenvalue weighted by molar-refractivity contribution is 5.06. The average molecular weight is 162 g/mol. The summed E-state index contributed by atoms with van der Waals surface area (Å²) < 4.78 is 0. The van der Waals surface area contributed by atoms with E-state index >= 15 is 0 Å². The highest BCUT2D eigenvalue weighted by Gasteiger charge is 2.53. The van der Waals surface area contributed by atoms with E-state index in [1.165, 1.54) is 0 Å². The molecular formula is C10H14N2. The lowest BCUT2D eigenvalue weighted by atomic mass is 9.59. The first-order chi connectivity index (χ1) is 5.64. The quantitative estimate of drug-likeness (QED) is 0.552. The van der Waals surface area contributed by atoms with E-state index in [0.717, 1.165) is 12.8 Å². The fourth-order valence-electron chi connectivity index (χ4n) is 1.91. The Morgan fingerprint density at radius 2 is 2.00 bits per heavy atom. The van der Waals surface area contributed by atoms with Crippen LogP contribution in [0.15, 0.2) is 0 Å². The molecule has 0 N–H and O–H groups in total. The van der Waals surface area contributed by atoms with Gasteiger partial charge in [0.1, 0.15) is 0 Å². The molecule has 64 valence electrons. The fraction of sp³-hybridized carbons (Fsp3) is 0.800. The third-order valence-corrected chi connectivity index (χ3v) is 3.09. The molecule has 2 nitrogen and oxygen atoms in total. The van der Waals surface area contributed by atoms with Gasteiger partial charge in [0.05, 0.1) is 5.41 Å². The Kier molecular flexibility index (Phi) is 2.38. The molecule has 1 saturated carbocycles. The number of rotatable bonds is 2. The van der Waals surface area contributed by atoms with Crippen molar-refractivity contribution in [3.05, 3.63) is 22.8 Å². The van der Waals surface area contributed by atoms with Crippen molar-refractivity contribution in [1.29, 1.82) is 0 Å². The lowest BCUT2D eigenvalue weighted by Gasteiger charge is -2.41. The summed E-state index contributed by atoms with van der Waals surface area (Å²) in [5.74, 6) is 0.546. The molecule has 1 aliphatic rings. The predicted molar refractivity (Wildman–Crippen MR) is 48.4 cm³/mol. The number of nitrogens with zero attached hydrogens (tertiary/aromatic N) is 2. The SMILES string of the molecule is [C-]#[N+]C[C@]1(C(C)C)C[C@H]([N+]#[C-])C1. The zero-order valence-corrected chi connectivity index (χ0v) is 7.67. The van der Waals surface area contributed by atoms with E-state index in [1.54, 1.807) is 0 Å². The van der Waals surface area contributed by atoms with Gasteiger partial charge in [-0.1, -0.05) is 13.8 Å². The van der Waals surface area contributed by atoms with E-state index in [4.69, 9.17) is 13.1 Å². The minimum atomic E-state index is 0.178. The second kappa shape index (κ2) is 3.15. The van der Waals surface area contributed by atoms with E-state index in [9.17, 15) is 0 Å². The maximum absolute atomic E-state index is 6.86. The molecule has 0 amide bonds. The third kappa shape index (κ3) is 1.30. The van der Waals surface area contributed by atoms with Gasteiger partial charge in [0.2, 0.25) is 12.6 Å². The van der Waals surface area contributed by atoms with Crippen LogP contribution in [0.4, 0.5) is 0 Å². The first-order valence-electron chi connectivity index (χ1n) is 4.34. The zero-order chi connectivity index (χ0) is 9.19. The van der Waals surface area contributed by atoms with Gasteiger partial charge in [-0.05, 0) is 5.92 Å². The van der Waals surface area contributed by atoms with Crippen LogP contribution in [0.1, 0.15) is 26.7 Å². The maximum atomic E-state index is 6.86. The molecule has 1 fully saturated rings. The molecule has 0 aromatic carbocycles. The smallest absolute Gasteiger partial charge is 0.225 e. The minimum Gasteiger partial charge on any atom is -0.316 e. The Labute approximate surface area is 74.2 Å². The second-order valence-electron chi connectivity index (χ2n) is 4.02. The van der Waals surface area contributed by atoms with Crippen molar-refractivity contribution >= 4 is 0 Å². The summed E-state index contributed by atoms with van der Waals surface area (Å²) in [5, 5.41) is 0. The van der Waals surface area contributed by atoms with Crippen molar-refractivity contribution in [3.8, 4) is 0 Å². The van der Waals surface area contributed by atoms with Crippen molar-refractivity contribution in [2.45, 2.75) is 32.7 Å². The summed E-state index contributed by atoms with van der Waals surface area (Å²) in [6, 6.07) is 0.203. The van der Waals surface area contributed by atoms with Gasteiger partial charge in [0.25, 0.3) is 0 Å². The molecule has 1 aliphatic carbocycles. The lowest BCUT2D eigenvalue weighted by molar-refractivity contribution is 0.0807. The van der Waals surface area contributed by atoms with Crippen LogP contribution in [0.25, 0.3) is 9.69 Å². The molecule has 1 rings (SSSR count). The van der Waals surface area contributed by atoms with Gasteiger partial charge in [0.15, 0.2) is 0 Å². The second-order valence-corrected chi connectivity index (χ2v) is 4.02. The van der Waals surface area contributed by atoms with Crippen LogP contribution in [0, 0.1) is 24.5 Å². The molecule has 0 unspecified atom stereocenters. The van der Waals surface area contributed by atoms with Crippen LogP contribution in [-0.4, -0.2) is 12.6 Å². The fourth-order valence-corrected chi connectivity index (χ4v) is 1.91. The highest BCUT2D eigenvalue weighted by atomic mass is 14.8. The molecule has 12 heavy (non-hydrogen) atoms. The Hall–Kier alpha value is -1.02. The molecule has 2 heteroatoms. The van der Waals surface area contributed by atoms with E-state index < -0.39 is 0 Å². The topological polar surface area (TPSA) is 8.72 Å². The summed E-state index contributed by atoms with van der Waals surface area (Å²) in [5.41, 5.74) is 0.178. The van der Waals surface area contributed by atoms with E-state index in [1.807, 2.05) is 0 Å². The van der Waals surface area contributed by atoms with Crippen LogP contribution in [0.5, 0.6) is 0 Å². The van der Waals surface area contributed by atoms with Crippen LogP contribution in [0.2, 0.25) is 0 Å². The monoisotopic (exact) mass is 162 g/mol. The van der Waals surface area contributed by atoms with Gasteiger partial charge in [-0.15, -0.1) is 0 Å². The molecule has 0 spiro atoms. The van der Waals surface area contributed by atoms with Crippen LogP contribution in [0.3, 0.4) is 0 Å². The van der Waals surface area contributed by atoms with Gasteiger partial charge in [-0.3, -0.25) is 0 Å². The largest absolute Gasteiger partial charge is 0.316 e. The molecule has 0 atom stereocenters.